The fraction of sp³-hybridized carbons (Fsp3) is 0.778. The van der Waals surface area contributed by atoms with E-state index in [0.29, 0.717) is 11.8 Å². The van der Waals surface area contributed by atoms with Crippen LogP contribution in [0.5, 0.6) is 0 Å². The molecule has 0 atom stereocenters. The van der Waals surface area contributed by atoms with E-state index in [4.69, 9.17) is 11.6 Å². The van der Waals surface area contributed by atoms with E-state index >= 15 is 0 Å². The molecule has 0 amide bonds. The predicted molar refractivity (Wildman–Crippen MR) is 51.8 cm³/mol. The Morgan fingerprint density at radius 1 is 1.54 bits per heavy atom. The molecule has 4 heteroatoms. The summed E-state index contributed by atoms with van der Waals surface area (Å²) in [5, 5.41) is 8.22. The van der Waals surface area contributed by atoms with E-state index in [9.17, 15) is 0 Å². The van der Waals surface area contributed by atoms with Crippen molar-refractivity contribution in [3.05, 3.63) is 11.4 Å². The van der Waals surface area contributed by atoms with E-state index in [2.05, 4.69) is 17.2 Å². The second-order valence-corrected chi connectivity index (χ2v) is 3.82. The summed E-state index contributed by atoms with van der Waals surface area (Å²) >= 11 is 5.80. The summed E-state index contributed by atoms with van der Waals surface area (Å²) in [5.41, 5.74) is 2.27. The van der Waals surface area contributed by atoms with Crippen molar-refractivity contribution in [2.75, 3.05) is 0 Å². The molecule has 0 saturated heterocycles. The van der Waals surface area contributed by atoms with Crippen molar-refractivity contribution in [2.24, 2.45) is 0 Å². The predicted octanol–water partition coefficient (Wildman–Crippen LogP) is 2.30. The Morgan fingerprint density at radius 2 is 2.31 bits per heavy atom. The molecule has 2 rings (SSSR count). The Morgan fingerprint density at radius 3 is 2.85 bits per heavy atom. The first kappa shape index (κ1) is 9.00. The SMILES string of the molecule is CCCn1nnc(CCl)c1C1CC1. The number of aromatic nitrogens is 3. The maximum absolute atomic E-state index is 5.80. The number of alkyl halides is 1. The van der Waals surface area contributed by atoms with Gasteiger partial charge in [0, 0.05) is 12.5 Å². The summed E-state index contributed by atoms with van der Waals surface area (Å²) < 4.78 is 2.02. The molecule has 72 valence electrons. The summed E-state index contributed by atoms with van der Waals surface area (Å²) in [6.45, 7) is 3.12. The molecule has 0 N–H and O–H groups in total. The van der Waals surface area contributed by atoms with Gasteiger partial charge < -0.3 is 0 Å². The third kappa shape index (κ3) is 1.70. The fourth-order valence-electron chi connectivity index (χ4n) is 1.63. The van der Waals surface area contributed by atoms with Gasteiger partial charge in [-0.25, -0.2) is 4.68 Å². The van der Waals surface area contributed by atoms with E-state index in [1.807, 2.05) is 4.68 Å². The third-order valence-electron chi connectivity index (χ3n) is 2.37. The Kier molecular flexibility index (Phi) is 2.54. The molecule has 0 radical (unpaired) electrons. The van der Waals surface area contributed by atoms with Crippen molar-refractivity contribution in [1.82, 2.24) is 15.0 Å². The summed E-state index contributed by atoms with van der Waals surface area (Å²) in [7, 11) is 0. The topological polar surface area (TPSA) is 30.7 Å². The van der Waals surface area contributed by atoms with E-state index < -0.39 is 0 Å². The van der Waals surface area contributed by atoms with Crippen LogP contribution < -0.4 is 0 Å². The number of hydrogen-bond acceptors (Lipinski definition) is 2. The maximum atomic E-state index is 5.80. The monoisotopic (exact) mass is 199 g/mol. The molecule has 0 aliphatic heterocycles. The van der Waals surface area contributed by atoms with Crippen molar-refractivity contribution in [3.63, 3.8) is 0 Å². The molecule has 0 unspecified atom stereocenters. The lowest BCUT2D eigenvalue weighted by atomic mass is 10.2. The van der Waals surface area contributed by atoms with E-state index in [1.54, 1.807) is 0 Å². The minimum absolute atomic E-state index is 0.496. The van der Waals surface area contributed by atoms with E-state index in [1.165, 1.54) is 18.5 Å². The van der Waals surface area contributed by atoms with Gasteiger partial charge in [0.05, 0.1) is 11.6 Å². The molecule has 0 aromatic carbocycles. The van der Waals surface area contributed by atoms with Gasteiger partial charge in [-0.05, 0) is 19.3 Å². The Hall–Kier alpha value is -0.570. The smallest absolute Gasteiger partial charge is 0.101 e. The maximum Gasteiger partial charge on any atom is 0.101 e. The minimum atomic E-state index is 0.496. The van der Waals surface area contributed by atoms with Crippen LogP contribution in [-0.2, 0) is 12.4 Å². The van der Waals surface area contributed by atoms with Crippen LogP contribution in [0.4, 0.5) is 0 Å². The quantitative estimate of drug-likeness (QED) is 0.697. The first-order chi connectivity index (χ1) is 6.36. The van der Waals surface area contributed by atoms with Gasteiger partial charge in [0.15, 0.2) is 0 Å². The normalized spacial score (nSPS) is 16.5. The van der Waals surface area contributed by atoms with Crippen LogP contribution >= 0.6 is 11.6 Å². The van der Waals surface area contributed by atoms with Gasteiger partial charge in [0.1, 0.15) is 5.69 Å². The van der Waals surface area contributed by atoms with Crippen LogP contribution in [0.15, 0.2) is 0 Å². The Labute approximate surface area is 83.1 Å². The van der Waals surface area contributed by atoms with Crippen molar-refractivity contribution in [1.29, 1.82) is 0 Å². The molecule has 1 saturated carbocycles. The average Bonchev–Trinajstić information content (AvgIpc) is 2.89. The largest absolute Gasteiger partial charge is 0.249 e. The number of rotatable bonds is 4. The standard InChI is InChI=1S/C9H14ClN3/c1-2-5-13-9(7-3-4-7)8(6-10)11-12-13/h7H,2-6H2,1H3. The highest BCUT2D eigenvalue weighted by Crippen LogP contribution is 2.41. The molecule has 1 aliphatic carbocycles. The van der Waals surface area contributed by atoms with Crippen molar-refractivity contribution in [2.45, 2.75) is 44.5 Å². The van der Waals surface area contributed by atoms with Crippen molar-refractivity contribution < 1.29 is 0 Å². The molecule has 13 heavy (non-hydrogen) atoms. The van der Waals surface area contributed by atoms with Gasteiger partial charge in [0.25, 0.3) is 0 Å². The van der Waals surface area contributed by atoms with Gasteiger partial charge >= 0.3 is 0 Å². The zero-order valence-electron chi connectivity index (χ0n) is 7.83. The highest BCUT2D eigenvalue weighted by atomic mass is 35.5. The van der Waals surface area contributed by atoms with Crippen LogP contribution in [0.25, 0.3) is 0 Å². The van der Waals surface area contributed by atoms with Crippen molar-refractivity contribution >= 4 is 11.6 Å². The molecule has 1 fully saturated rings. The highest BCUT2D eigenvalue weighted by Gasteiger charge is 2.30. The highest BCUT2D eigenvalue weighted by molar-refractivity contribution is 6.16. The fourth-order valence-corrected chi connectivity index (χ4v) is 1.82. The lowest BCUT2D eigenvalue weighted by Gasteiger charge is -2.03. The molecular formula is C9H14ClN3. The van der Waals surface area contributed by atoms with Crippen LogP contribution in [0, 0.1) is 0 Å². The average molecular weight is 200 g/mol. The van der Waals surface area contributed by atoms with Crippen LogP contribution in [0.1, 0.15) is 43.5 Å². The molecule has 1 heterocycles. The van der Waals surface area contributed by atoms with Crippen LogP contribution in [-0.4, -0.2) is 15.0 Å². The second kappa shape index (κ2) is 3.66. The van der Waals surface area contributed by atoms with E-state index in [-0.39, 0.29) is 0 Å². The number of hydrogen-bond donors (Lipinski definition) is 0. The van der Waals surface area contributed by atoms with Gasteiger partial charge in [-0.1, -0.05) is 12.1 Å². The van der Waals surface area contributed by atoms with Gasteiger partial charge in [0.2, 0.25) is 0 Å². The number of aryl methyl sites for hydroxylation is 1. The van der Waals surface area contributed by atoms with Crippen LogP contribution in [0.3, 0.4) is 0 Å². The summed E-state index contributed by atoms with van der Waals surface area (Å²) in [4.78, 5) is 0. The van der Waals surface area contributed by atoms with Gasteiger partial charge in [-0.15, -0.1) is 16.7 Å². The van der Waals surface area contributed by atoms with Gasteiger partial charge in [-0.3, -0.25) is 0 Å². The van der Waals surface area contributed by atoms with Crippen molar-refractivity contribution in [3.8, 4) is 0 Å². The zero-order valence-corrected chi connectivity index (χ0v) is 8.59. The first-order valence-corrected chi connectivity index (χ1v) is 5.38. The molecule has 1 aliphatic rings. The first-order valence-electron chi connectivity index (χ1n) is 4.85. The molecule has 3 nitrogen and oxygen atoms in total. The summed E-state index contributed by atoms with van der Waals surface area (Å²) in [6.07, 6.45) is 3.66. The summed E-state index contributed by atoms with van der Waals surface area (Å²) in [6, 6.07) is 0. The van der Waals surface area contributed by atoms with E-state index in [0.717, 1.165) is 18.7 Å². The van der Waals surface area contributed by atoms with Gasteiger partial charge in [-0.2, -0.15) is 0 Å². The molecular weight excluding hydrogens is 186 g/mol. The number of nitrogens with zero attached hydrogens (tertiary/aromatic N) is 3. The van der Waals surface area contributed by atoms with Crippen LogP contribution in [0.2, 0.25) is 0 Å². The molecule has 0 bridgehead atoms. The Bertz CT molecular complexity index is 291. The zero-order chi connectivity index (χ0) is 9.26. The molecule has 1 aromatic heterocycles. The lowest BCUT2D eigenvalue weighted by Crippen LogP contribution is -2.04. The summed E-state index contributed by atoms with van der Waals surface area (Å²) in [5.74, 6) is 1.19. The molecule has 1 aromatic rings. The molecule has 0 spiro atoms. The third-order valence-corrected chi connectivity index (χ3v) is 2.63. The minimum Gasteiger partial charge on any atom is -0.249 e. The Balaban J connectivity index is 2.27. The lowest BCUT2D eigenvalue weighted by molar-refractivity contribution is 0.556. The number of halogens is 1. The second-order valence-electron chi connectivity index (χ2n) is 3.55.